The summed E-state index contributed by atoms with van der Waals surface area (Å²) in [6, 6.07) is 4.80. The van der Waals surface area contributed by atoms with Gasteiger partial charge in [0.1, 0.15) is 11.3 Å². The zero-order valence-electron chi connectivity index (χ0n) is 18.0. The molecule has 3 fully saturated rings. The van der Waals surface area contributed by atoms with Crippen molar-refractivity contribution in [3.63, 3.8) is 0 Å². The molecule has 9 nitrogen and oxygen atoms in total. The number of fused-ring (bicyclic) bond motifs is 1. The summed E-state index contributed by atoms with van der Waals surface area (Å²) in [6.07, 6.45) is 0.642. The van der Waals surface area contributed by atoms with Gasteiger partial charge < -0.3 is 19.1 Å². The molecule has 4 heterocycles. The highest BCUT2D eigenvalue weighted by molar-refractivity contribution is 7.93. The third kappa shape index (κ3) is 3.57. The van der Waals surface area contributed by atoms with Crippen molar-refractivity contribution in [1.29, 1.82) is 0 Å². The average Bonchev–Trinajstić information content (AvgIpc) is 3.14. The number of nitrogens with zero attached hydrogens (tertiary/aromatic N) is 4. The Kier molecular flexibility index (Phi) is 5.39. The molecule has 0 aliphatic carbocycles. The van der Waals surface area contributed by atoms with Crippen LogP contribution in [0.25, 0.3) is 11.1 Å². The fraction of sp³-hybridized carbons (Fsp3) is 0.619. The second kappa shape index (κ2) is 7.86. The predicted octanol–water partition coefficient (Wildman–Crippen LogP) is 0.511. The molecule has 5 rings (SSSR count). The monoisotopic (exact) mass is 482 g/mol. The molecule has 174 valence electrons. The number of halogens is 1. The minimum atomic E-state index is -3.27. The summed E-state index contributed by atoms with van der Waals surface area (Å²) < 4.78 is 31.5. The van der Waals surface area contributed by atoms with Crippen LogP contribution >= 0.6 is 11.6 Å². The van der Waals surface area contributed by atoms with E-state index < -0.39 is 20.3 Å². The summed E-state index contributed by atoms with van der Waals surface area (Å²) in [5, 5.41) is 0.437. The van der Waals surface area contributed by atoms with E-state index in [1.54, 1.807) is 17.0 Å². The van der Waals surface area contributed by atoms with Gasteiger partial charge in [-0.1, -0.05) is 11.6 Å². The third-order valence-corrected chi connectivity index (χ3v) is 10.2. The first-order valence-electron chi connectivity index (χ1n) is 10.9. The van der Waals surface area contributed by atoms with Gasteiger partial charge in [-0.2, -0.15) is 0 Å². The SMILES string of the molecule is CN1CCN(CC2CCS(=O)(=O)C23CN(C(=O)Cn2c(=O)oc4cc(Cl)ccc42)C3)CC1. The van der Waals surface area contributed by atoms with Crippen molar-refractivity contribution in [3.8, 4) is 0 Å². The number of hydrogen-bond donors (Lipinski definition) is 0. The van der Waals surface area contributed by atoms with Gasteiger partial charge in [-0.25, -0.2) is 13.2 Å². The van der Waals surface area contributed by atoms with Crippen LogP contribution in [0.5, 0.6) is 0 Å². The number of oxazole rings is 1. The number of hydrogen-bond acceptors (Lipinski definition) is 7. The van der Waals surface area contributed by atoms with Gasteiger partial charge in [0.2, 0.25) is 5.91 Å². The topological polar surface area (TPSA) is 96.1 Å². The van der Waals surface area contributed by atoms with Gasteiger partial charge in [-0.05, 0) is 31.5 Å². The van der Waals surface area contributed by atoms with Gasteiger partial charge in [-0.3, -0.25) is 9.36 Å². The van der Waals surface area contributed by atoms with Crippen molar-refractivity contribution in [2.24, 2.45) is 5.92 Å². The van der Waals surface area contributed by atoms with Crippen molar-refractivity contribution in [2.75, 3.05) is 58.6 Å². The maximum absolute atomic E-state index is 13.0. The second-order valence-corrected chi connectivity index (χ2v) is 12.2. The summed E-state index contributed by atoms with van der Waals surface area (Å²) in [4.78, 5) is 31.3. The molecule has 3 aliphatic rings. The fourth-order valence-electron chi connectivity index (χ4n) is 5.27. The molecule has 11 heteroatoms. The molecule has 1 atom stereocenters. The molecular formula is C21H27ClN4O5S. The molecule has 1 aromatic carbocycles. The molecule has 1 spiro atoms. The Bertz CT molecular complexity index is 1210. The van der Waals surface area contributed by atoms with Gasteiger partial charge in [-0.15, -0.1) is 0 Å². The number of likely N-dealkylation sites (N-methyl/N-ethyl adjacent to an activating group) is 1. The van der Waals surface area contributed by atoms with Crippen LogP contribution in [0.3, 0.4) is 0 Å². The number of benzene rings is 1. The standard InChI is InChI=1S/C21H27ClN4O5S/c1-23-5-7-24(8-6-23)11-15-4-9-32(29,30)21(15)13-25(14-21)19(27)12-26-17-3-2-16(22)10-18(17)31-20(26)28/h2-3,10,15H,4-9,11-14H2,1H3. The van der Waals surface area contributed by atoms with E-state index in [-0.39, 0.29) is 37.2 Å². The molecule has 32 heavy (non-hydrogen) atoms. The van der Waals surface area contributed by atoms with Crippen LogP contribution in [0.2, 0.25) is 5.02 Å². The van der Waals surface area contributed by atoms with E-state index >= 15 is 0 Å². The summed E-state index contributed by atoms with van der Waals surface area (Å²) in [6.45, 7) is 4.80. The number of carbonyl (C=O) groups excluding carboxylic acids is 1. The number of sulfone groups is 1. The van der Waals surface area contributed by atoms with Crippen LogP contribution in [-0.2, 0) is 21.2 Å². The van der Waals surface area contributed by atoms with Gasteiger partial charge >= 0.3 is 5.76 Å². The van der Waals surface area contributed by atoms with Crippen LogP contribution in [-0.4, -0.2) is 97.0 Å². The number of carbonyl (C=O) groups is 1. The first-order chi connectivity index (χ1) is 15.2. The summed E-state index contributed by atoms with van der Waals surface area (Å²) in [5.74, 6) is -0.706. The highest BCUT2D eigenvalue weighted by Crippen LogP contribution is 2.45. The molecule has 0 bridgehead atoms. The molecular weight excluding hydrogens is 456 g/mol. The number of rotatable bonds is 4. The summed E-state index contributed by atoms with van der Waals surface area (Å²) in [5.41, 5.74) is 0.811. The van der Waals surface area contributed by atoms with Gasteiger partial charge in [0.05, 0.1) is 11.3 Å². The van der Waals surface area contributed by atoms with Crippen molar-refractivity contribution in [2.45, 2.75) is 17.7 Å². The number of amides is 1. The van der Waals surface area contributed by atoms with Crippen molar-refractivity contribution in [3.05, 3.63) is 33.8 Å². The molecule has 1 unspecified atom stereocenters. The van der Waals surface area contributed by atoms with E-state index in [9.17, 15) is 18.0 Å². The maximum atomic E-state index is 13.0. The lowest BCUT2D eigenvalue weighted by atomic mass is 9.82. The third-order valence-electron chi connectivity index (χ3n) is 7.37. The Labute approximate surface area is 191 Å². The number of aromatic nitrogens is 1. The second-order valence-electron chi connectivity index (χ2n) is 9.29. The van der Waals surface area contributed by atoms with Crippen molar-refractivity contribution >= 4 is 38.4 Å². The lowest BCUT2D eigenvalue weighted by Crippen LogP contribution is -2.69. The van der Waals surface area contributed by atoms with E-state index in [0.29, 0.717) is 22.5 Å². The van der Waals surface area contributed by atoms with E-state index in [2.05, 4.69) is 16.8 Å². The smallest absolute Gasteiger partial charge is 0.408 e. The lowest BCUT2D eigenvalue weighted by molar-refractivity contribution is -0.138. The van der Waals surface area contributed by atoms with E-state index in [4.69, 9.17) is 16.0 Å². The van der Waals surface area contributed by atoms with Gasteiger partial charge in [0.25, 0.3) is 0 Å². The minimum Gasteiger partial charge on any atom is -0.408 e. The van der Waals surface area contributed by atoms with E-state index in [1.807, 2.05) is 0 Å². The van der Waals surface area contributed by atoms with Crippen LogP contribution < -0.4 is 5.76 Å². The highest BCUT2D eigenvalue weighted by Gasteiger charge is 2.62. The molecule has 0 radical (unpaired) electrons. The van der Waals surface area contributed by atoms with E-state index in [1.165, 1.54) is 10.6 Å². The minimum absolute atomic E-state index is 0.0274. The normalized spacial score (nSPS) is 25.4. The average molecular weight is 483 g/mol. The summed E-state index contributed by atoms with van der Waals surface area (Å²) >= 11 is 5.95. The first-order valence-corrected chi connectivity index (χ1v) is 12.9. The fourth-order valence-corrected chi connectivity index (χ4v) is 7.84. The molecule has 3 saturated heterocycles. The van der Waals surface area contributed by atoms with Crippen LogP contribution in [0.15, 0.2) is 27.4 Å². The molecule has 3 aliphatic heterocycles. The van der Waals surface area contributed by atoms with Crippen LogP contribution in [0, 0.1) is 5.92 Å². The van der Waals surface area contributed by atoms with Gasteiger partial charge in [0, 0.05) is 56.9 Å². The number of piperazine rings is 1. The molecule has 0 N–H and O–H groups in total. The zero-order chi connectivity index (χ0) is 22.7. The Balaban J connectivity index is 1.29. The quantitative estimate of drug-likeness (QED) is 0.626. The maximum Gasteiger partial charge on any atom is 0.420 e. The first kappa shape index (κ1) is 21.9. The number of likely N-dealkylation sites (tertiary alicyclic amines) is 1. The Morgan fingerprint density at radius 1 is 1.22 bits per heavy atom. The Hall–Kier alpha value is -1.88. The summed E-state index contributed by atoms with van der Waals surface area (Å²) in [7, 11) is -1.17. The Morgan fingerprint density at radius 3 is 2.66 bits per heavy atom. The van der Waals surface area contributed by atoms with Crippen LogP contribution in [0.1, 0.15) is 6.42 Å². The molecule has 1 amide bonds. The van der Waals surface area contributed by atoms with Gasteiger partial charge in [0.15, 0.2) is 15.4 Å². The molecule has 1 aromatic heterocycles. The largest absolute Gasteiger partial charge is 0.420 e. The van der Waals surface area contributed by atoms with Crippen molar-refractivity contribution in [1.82, 2.24) is 19.3 Å². The zero-order valence-corrected chi connectivity index (χ0v) is 19.6. The molecule has 2 aromatic rings. The lowest BCUT2D eigenvalue weighted by Gasteiger charge is -2.51. The highest BCUT2D eigenvalue weighted by atomic mass is 35.5. The predicted molar refractivity (Wildman–Crippen MR) is 121 cm³/mol. The molecule has 0 saturated carbocycles. The van der Waals surface area contributed by atoms with Crippen LogP contribution in [0.4, 0.5) is 0 Å². The van der Waals surface area contributed by atoms with Crippen molar-refractivity contribution < 1.29 is 17.6 Å². The Morgan fingerprint density at radius 2 is 1.94 bits per heavy atom. The van der Waals surface area contributed by atoms with E-state index in [0.717, 1.165) is 32.7 Å².